The smallest absolute Gasteiger partial charge is 0.273 e. The Morgan fingerprint density at radius 2 is 1.74 bits per heavy atom. The first-order valence-electron chi connectivity index (χ1n) is 14.1. The highest BCUT2D eigenvalue weighted by atomic mass is 32.1. The molecule has 9 heteroatoms. The fourth-order valence-electron chi connectivity index (χ4n) is 6.35. The molecule has 200 valence electrons. The molecule has 0 radical (unpaired) electrons. The molecule has 3 aliphatic rings. The first-order chi connectivity index (χ1) is 18.5. The number of amides is 1. The molecule has 3 heterocycles. The highest BCUT2D eigenvalue weighted by Crippen LogP contribution is 2.41. The topological polar surface area (TPSA) is 92.5 Å². The van der Waals surface area contributed by atoms with Gasteiger partial charge in [0.2, 0.25) is 0 Å². The second-order valence-electron chi connectivity index (χ2n) is 11.0. The molecule has 0 atom stereocenters. The lowest BCUT2D eigenvalue weighted by atomic mass is 9.88. The van der Waals surface area contributed by atoms with Gasteiger partial charge in [-0.25, -0.2) is 9.97 Å². The molecule has 1 saturated heterocycles. The van der Waals surface area contributed by atoms with E-state index < -0.39 is 4.92 Å². The summed E-state index contributed by atoms with van der Waals surface area (Å²) in [5.74, 6) is 2.36. The number of nitrogens with zero attached hydrogens (tertiary/aromatic N) is 5. The van der Waals surface area contributed by atoms with Crippen LogP contribution in [0.15, 0.2) is 18.2 Å². The van der Waals surface area contributed by atoms with Gasteiger partial charge in [-0.1, -0.05) is 31.7 Å². The fraction of sp³-hybridized carbons (Fsp3) is 0.552. The second-order valence-corrected chi connectivity index (χ2v) is 12.1. The largest absolute Gasteiger partial charge is 0.352 e. The Morgan fingerprint density at radius 3 is 2.50 bits per heavy atom. The number of aromatic nitrogens is 2. The Labute approximate surface area is 227 Å². The summed E-state index contributed by atoms with van der Waals surface area (Å²) in [7, 11) is 0. The number of benzene rings is 1. The van der Waals surface area contributed by atoms with Crippen LogP contribution < -0.4 is 4.90 Å². The van der Waals surface area contributed by atoms with E-state index in [9.17, 15) is 14.9 Å². The van der Waals surface area contributed by atoms with Gasteiger partial charge in [-0.15, -0.1) is 11.3 Å². The number of anilines is 1. The van der Waals surface area contributed by atoms with Crippen LogP contribution >= 0.6 is 11.3 Å². The van der Waals surface area contributed by atoms with Crippen molar-refractivity contribution in [2.24, 2.45) is 0 Å². The predicted molar refractivity (Wildman–Crippen MR) is 150 cm³/mol. The van der Waals surface area contributed by atoms with E-state index in [0.717, 1.165) is 29.3 Å². The number of nitro benzene ring substituents is 1. The average molecular weight is 534 g/mol. The number of hydrogen-bond donors (Lipinski definition) is 0. The van der Waals surface area contributed by atoms with Crippen LogP contribution in [0.4, 0.5) is 11.5 Å². The number of aryl methyl sites for hydroxylation is 3. The monoisotopic (exact) mass is 533 g/mol. The van der Waals surface area contributed by atoms with Crippen molar-refractivity contribution in [1.82, 2.24) is 14.9 Å². The van der Waals surface area contributed by atoms with Crippen molar-refractivity contribution in [3.05, 3.63) is 55.7 Å². The number of carbonyl (C=O) groups is 1. The third-order valence-electron chi connectivity index (χ3n) is 8.55. The highest BCUT2D eigenvalue weighted by molar-refractivity contribution is 7.19. The lowest BCUT2D eigenvalue weighted by Crippen LogP contribution is -2.49. The number of hydrogen-bond acceptors (Lipinski definition) is 7. The molecule has 1 aromatic carbocycles. The number of carbonyl (C=O) groups excluding carboxylic acids is 1. The van der Waals surface area contributed by atoms with Gasteiger partial charge in [0.15, 0.2) is 0 Å². The molecule has 0 bridgehead atoms. The van der Waals surface area contributed by atoms with Crippen LogP contribution in [-0.4, -0.2) is 51.9 Å². The lowest BCUT2D eigenvalue weighted by Gasteiger charge is -2.36. The number of fused-ring (bicyclic) bond motifs is 3. The maximum atomic E-state index is 13.3. The van der Waals surface area contributed by atoms with E-state index in [4.69, 9.17) is 9.97 Å². The maximum Gasteiger partial charge on any atom is 0.273 e. The molecule has 2 aromatic heterocycles. The van der Waals surface area contributed by atoms with Gasteiger partial charge in [0, 0.05) is 54.2 Å². The standard InChI is InChI=1S/C29H35N5O3S/c1-19-12-13-21(18-23(19)34(36)37)29(35)33-16-14-32(15-17-33)27-25-22-10-6-3-7-11-24(22)38-28(25)31-26(30-27)20-8-4-2-5-9-20/h12-13,18,20H,2-11,14-17H2,1H3. The Bertz CT molecular complexity index is 1370. The molecule has 2 fully saturated rings. The minimum Gasteiger partial charge on any atom is -0.352 e. The van der Waals surface area contributed by atoms with Crippen LogP contribution in [0.5, 0.6) is 0 Å². The molecule has 0 N–H and O–H groups in total. The van der Waals surface area contributed by atoms with E-state index in [-0.39, 0.29) is 11.6 Å². The second kappa shape index (κ2) is 10.6. The van der Waals surface area contributed by atoms with Crippen LogP contribution in [-0.2, 0) is 12.8 Å². The molecule has 2 aliphatic carbocycles. The third kappa shape index (κ3) is 4.77. The molecular weight excluding hydrogens is 498 g/mol. The van der Waals surface area contributed by atoms with Crippen LogP contribution in [0.3, 0.4) is 0 Å². The van der Waals surface area contributed by atoms with E-state index in [1.54, 1.807) is 19.1 Å². The normalized spacial score (nSPS) is 18.9. The summed E-state index contributed by atoms with van der Waals surface area (Å²) in [5, 5.41) is 12.6. The zero-order valence-electron chi connectivity index (χ0n) is 22.1. The van der Waals surface area contributed by atoms with Crippen molar-refractivity contribution >= 4 is 39.0 Å². The summed E-state index contributed by atoms with van der Waals surface area (Å²) in [6, 6.07) is 4.77. The van der Waals surface area contributed by atoms with Crippen molar-refractivity contribution in [2.45, 2.75) is 77.0 Å². The van der Waals surface area contributed by atoms with Crippen molar-refractivity contribution in [2.75, 3.05) is 31.1 Å². The van der Waals surface area contributed by atoms with Crippen LogP contribution in [0, 0.1) is 17.0 Å². The van der Waals surface area contributed by atoms with Crippen molar-refractivity contribution in [3.8, 4) is 0 Å². The molecule has 1 aliphatic heterocycles. The summed E-state index contributed by atoms with van der Waals surface area (Å²) < 4.78 is 0. The van der Waals surface area contributed by atoms with Gasteiger partial charge in [0.25, 0.3) is 11.6 Å². The van der Waals surface area contributed by atoms with Gasteiger partial charge in [-0.05, 0) is 57.1 Å². The predicted octanol–water partition coefficient (Wildman–Crippen LogP) is 6.19. The van der Waals surface area contributed by atoms with Gasteiger partial charge >= 0.3 is 0 Å². The first-order valence-corrected chi connectivity index (χ1v) is 14.9. The minimum absolute atomic E-state index is 0.00810. The number of thiophene rings is 1. The summed E-state index contributed by atoms with van der Waals surface area (Å²) in [6.45, 7) is 4.22. The number of rotatable bonds is 4. The van der Waals surface area contributed by atoms with Crippen molar-refractivity contribution in [1.29, 1.82) is 0 Å². The van der Waals surface area contributed by atoms with Gasteiger partial charge in [0.05, 0.1) is 10.3 Å². The molecule has 1 amide bonds. The molecule has 6 rings (SSSR count). The molecule has 8 nitrogen and oxygen atoms in total. The van der Waals surface area contributed by atoms with Gasteiger partial charge < -0.3 is 9.80 Å². The average Bonchev–Trinajstić information content (AvgIpc) is 3.13. The van der Waals surface area contributed by atoms with E-state index >= 15 is 0 Å². The lowest BCUT2D eigenvalue weighted by molar-refractivity contribution is -0.385. The Morgan fingerprint density at radius 1 is 1.00 bits per heavy atom. The molecule has 0 spiro atoms. The van der Waals surface area contributed by atoms with Gasteiger partial charge in [-0.3, -0.25) is 14.9 Å². The van der Waals surface area contributed by atoms with E-state index in [1.807, 2.05) is 16.2 Å². The van der Waals surface area contributed by atoms with E-state index in [1.165, 1.54) is 73.3 Å². The van der Waals surface area contributed by atoms with Crippen molar-refractivity contribution in [3.63, 3.8) is 0 Å². The highest BCUT2D eigenvalue weighted by Gasteiger charge is 2.30. The Hall–Kier alpha value is -3.07. The summed E-state index contributed by atoms with van der Waals surface area (Å²) >= 11 is 1.88. The summed E-state index contributed by atoms with van der Waals surface area (Å²) in [4.78, 5) is 41.5. The van der Waals surface area contributed by atoms with Crippen LogP contribution in [0.1, 0.15) is 89.5 Å². The van der Waals surface area contributed by atoms with Gasteiger partial charge in [-0.2, -0.15) is 0 Å². The number of piperazine rings is 1. The quantitative estimate of drug-likeness (QED) is 0.226. The maximum absolute atomic E-state index is 13.3. The van der Waals surface area contributed by atoms with Gasteiger partial charge in [0.1, 0.15) is 16.5 Å². The molecular formula is C29H35N5O3S. The molecule has 1 saturated carbocycles. The molecule has 38 heavy (non-hydrogen) atoms. The first kappa shape index (κ1) is 25.2. The zero-order chi connectivity index (χ0) is 26.2. The fourth-order valence-corrected chi connectivity index (χ4v) is 7.61. The van der Waals surface area contributed by atoms with Crippen LogP contribution in [0.2, 0.25) is 0 Å². The number of nitro groups is 1. The van der Waals surface area contributed by atoms with Crippen LogP contribution in [0.25, 0.3) is 10.2 Å². The summed E-state index contributed by atoms with van der Waals surface area (Å²) in [5.41, 5.74) is 2.39. The molecule has 3 aromatic rings. The molecule has 0 unspecified atom stereocenters. The van der Waals surface area contributed by atoms with Crippen molar-refractivity contribution < 1.29 is 9.72 Å². The Kier molecular flexibility index (Phi) is 7.03. The minimum atomic E-state index is -0.419. The SMILES string of the molecule is Cc1ccc(C(=O)N2CCN(c3nc(C4CCCCC4)nc4sc5c(c34)CCCCC5)CC2)cc1[N+](=O)[O-]. The zero-order valence-corrected chi connectivity index (χ0v) is 22.9. The Balaban J connectivity index is 1.29. The third-order valence-corrected chi connectivity index (χ3v) is 9.74. The van der Waals surface area contributed by atoms with E-state index in [0.29, 0.717) is 43.2 Å². The van der Waals surface area contributed by atoms with E-state index in [2.05, 4.69) is 4.90 Å². The summed E-state index contributed by atoms with van der Waals surface area (Å²) in [6.07, 6.45) is 12.1.